The first-order chi connectivity index (χ1) is 12.5. The second-order valence-corrected chi connectivity index (χ2v) is 6.78. The van der Waals surface area contributed by atoms with Crippen LogP contribution in [-0.2, 0) is 19.4 Å². The van der Waals surface area contributed by atoms with Crippen molar-refractivity contribution in [1.82, 2.24) is 4.98 Å². The quantitative estimate of drug-likeness (QED) is 0.751. The van der Waals surface area contributed by atoms with Crippen LogP contribution in [-0.4, -0.2) is 16.2 Å². The SMILES string of the molecule is Cc1c(CN(C(=O)O)c2ccc3c(c2)CCC3)[nH]c2ccccc2c1=O. The second-order valence-electron chi connectivity index (χ2n) is 6.78. The van der Waals surface area contributed by atoms with Gasteiger partial charge in [0.1, 0.15) is 0 Å². The van der Waals surface area contributed by atoms with Crippen molar-refractivity contribution in [3.8, 4) is 0 Å². The zero-order chi connectivity index (χ0) is 18.3. The molecular formula is C21H20N2O3. The molecule has 0 spiro atoms. The third-order valence-corrected chi connectivity index (χ3v) is 5.19. The molecule has 0 fully saturated rings. The minimum absolute atomic E-state index is 0.0614. The number of aromatic amines is 1. The van der Waals surface area contributed by atoms with Crippen LogP contribution in [0.3, 0.4) is 0 Å². The first kappa shape index (κ1) is 16.4. The maximum Gasteiger partial charge on any atom is 0.412 e. The zero-order valence-electron chi connectivity index (χ0n) is 14.6. The van der Waals surface area contributed by atoms with Crippen LogP contribution in [0.4, 0.5) is 10.5 Å². The predicted molar refractivity (Wildman–Crippen MR) is 102 cm³/mol. The molecule has 0 saturated heterocycles. The fraction of sp³-hybridized carbons (Fsp3) is 0.238. The van der Waals surface area contributed by atoms with Gasteiger partial charge in [-0.2, -0.15) is 0 Å². The lowest BCUT2D eigenvalue weighted by atomic mass is 10.1. The molecule has 1 aliphatic rings. The van der Waals surface area contributed by atoms with E-state index in [9.17, 15) is 14.7 Å². The smallest absolute Gasteiger partial charge is 0.412 e. The van der Waals surface area contributed by atoms with Gasteiger partial charge in [-0.25, -0.2) is 4.79 Å². The molecule has 0 atom stereocenters. The van der Waals surface area contributed by atoms with Gasteiger partial charge < -0.3 is 10.1 Å². The summed E-state index contributed by atoms with van der Waals surface area (Å²) in [6, 6.07) is 13.1. The number of rotatable bonds is 3. The fourth-order valence-corrected chi connectivity index (χ4v) is 3.70. The van der Waals surface area contributed by atoms with E-state index in [0.717, 1.165) is 24.8 Å². The Kier molecular flexibility index (Phi) is 3.99. The number of anilines is 1. The highest BCUT2D eigenvalue weighted by atomic mass is 16.4. The molecule has 2 N–H and O–H groups in total. The summed E-state index contributed by atoms with van der Waals surface area (Å²) >= 11 is 0. The highest BCUT2D eigenvalue weighted by molar-refractivity contribution is 5.86. The van der Waals surface area contributed by atoms with Gasteiger partial charge in [0, 0.05) is 27.8 Å². The number of benzene rings is 2. The fourth-order valence-electron chi connectivity index (χ4n) is 3.70. The lowest BCUT2D eigenvalue weighted by molar-refractivity contribution is 0.201. The van der Waals surface area contributed by atoms with E-state index in [0.29, 0.717) is 22.3 Å². The van der Waals surface area contributed by atoms with Crippen molar-refractivity contribution in [3.05, 3.63) is 75.1 Å². The number of aryl methyl sites for hydroxylation is 2. The van der Waals surface area contributed by atoms with Crippen LogP contribution in [0.5, 0.6) is 0 Å². The Bertz CT molecular complexity index is 1070. The summed E-state index contributed by atoms with van der Waals surface area (Å²) in [7, 11) is 0. The maximum atomic E-state index is 12.6. The Morgan fingerprint density at radius 2 is 1.92 bits per heavy atom. The number of pyridine rings is 1. The number of para-hydroxylation sites is 1. The molecule has 132 valence electrons. The number of hydrogen-bond donors (Lipinski definition) is 2. The van der Waals surface area contributed by atoms with E-state index in [2.05, 4.69) is 4.98 Å². The Morgan fingerprint density at radius 3 is 2.73 bits per heavy atom. The summed E-state index contributed by atoms with van der Waals surface area (Å²) in [5, 5.41) is 10.4. The first-order valence-electron chi connectivity index (χ1n) is 8.77. The highest BCUT2D eigenvalue weighted by Gasteiger charge is 2.20. The van der Waals surface area contributed by atoms with Crippen LogP contribution in [0.15, 0.2) is 47.3 Å². The van der Waals surface area contributed by atoms with E-state index in [4.69, 9.17) is 0 Å². The number of H-pyrrole nitrogens is 1. The molecule has 2 aromatic carbocycles. The monoisotopic (exact) mass is 348 g/mol. The lowest BCUT2D eigenvalue weighted by Crippen LogP contribution is -2.30. The highest BCUT2D eigenvalue weighted by Crippen LogP contribution is 2.28. The number of aromatic nitrogens is 1. The summed E-state index contributed by atoms with van der Waals surface area (Å²) < 4.78 is 0. The van der Waals surface area contributed by atoms with E-state index in [1.165, 1.54) is 16.0 Å². The number of hydrogen-bond acceptors (Lipinski definition) is 2. The lowest BCUT2D eigenvalue weighted by Gasteiger charge is -2.21. The van der Waals surface area contributed by atoms with Gasteiger partial charge in [0.25, 0.3) is 0 Å². The molecule has 5 nitrogen and oxygen atoms in total. The predicted octanol–water partition coefficient (Wildman–Crippen LogP) is 4.01. The van der Waals surface area contributed by atoms with Gasteiger partial charge in [0.05, 0.1) is 6.54 Å². The maximum absolute atomic E-state index is 12.6. The van der Waals surface area contributed by atoms with Crippen molar-refractivity contribution >= 4 is 22.7 Å². The molecule has 5 heteroatoms. The standard InChI is InChI=1S/C21H20N2O3/c1-13-19(22-18-8-3-2-7-17(18)20(13)24)12-23(21(25)26)16-10-9-14-5-4-6-15(14)11-16/h2-3,7-11H,4-6,12H2,1H3,(H,22,24)(H,25,26). The molecule has 26 heavy (non-hydrogen) atoms. The normalized spacial score (nSPS) is 13.0. The summed E-state index contributed by atoms with van der Waals surface area (Å²) in [5.41, 5.74) is 5.00. The topological polar surface area (TPSA) is 73.4 Å². The van der Waals surface area contributed by atoms with Crippen molar-refractivity contribution in [2.45, 2.75) is 32.7 Å². The van der Waals surface area contributed by atoms with Crippen molar-refractivity contribution < 1.29 is 9.90 Å². The summed E-state index contributed by atoms with van der Waals surface area (Å²) in [4.78, 5) is 29.0. The van der Waals surface area contributed by atoms with Gasteiger partial charge in [-0.3, -0.25) is 9.69 Å². The van der Waals surface area contributed by atoms with Crippen LogP contribution >= 0.6 is 0 Å². The summed E-state index contributed by atoms with van der Waals surface area (Å²) in [6.07, 6.45) is 2.13. The molecule has 0 aliphatic heterocycles. The van der Waals surface area contributed by atoms with E-state index >= 15 is 0 Å². The first-order valence-corrected chi connectivity index (χ1v) is 8.77. The molecule has 3 aromatic rings. The Balaban J connectivity index is 1.76. The minimum atomic E-state index is -1.03. The third kappa shape index (κ3) is 2.75. The van der Waals surface area contributed by atoms with E-state index in [1.54, 1.807) is 13.0 Å². The van der Waals surface area contributed by atoms with E-state index in [-0.39, 0.29) is 12.0 Å². The molecule has 0 saturated carbocycles. The summed E-state index contributed by atoms with van der Waals surface area (Å²) in [6.45, 7) is 1.85. The molecule has 1 aliphatic carbocycles. The van der Waals surface area contributed by atoms with Gasteiger partial charge in [0.15, 0.2) is 5.43 Å². The van der Waals surface area contributed by atoms with Crippen LogP contribution in [0.1, 0.15) is 28.8 Å². The van der Waals surface area contributed by atoms with E-state index < -0.39 is 6.09 Å². The third-order valence-electron chi connectivity index (χ3n) is 5.19. The van der Waals surface area contributed by atoms with Crippen LogP contribution in [0, 0.1) is 6.92 Å². The molecule has 0 radical (unpaired) electrons. The van der Waals surface area contributed by atoms with Gasteiger partial charge in [-0.1, -0.05) is 18.2 Å². The summed E-state index contributed by atoms with van der Waals surface area (Å²) in [5.74, 6) is 0. The number of nitrogens with one attached hydrogen (secondary N) is 1. The van der Waals surface area contributed by atoms with Gasteiger partial charge >= 0.3 is 6.09 Å². The molecule has 1 heterocycles. The van der Waals surface area contributed by atoms with Crippen molar-refractivity contribution in [2.24, 2.45) is 0 Å². The number of carboxylic acid groups (broad SMARTS) is 1. The minimum Gasteiger partial charge on any atom is -0.465 e. The average molecular weight is 348 g/mol. The van der Waals surface area contributed by atoms with Crippen molar-refractivity contribution in [3.63, 3.8) is 0 Å². The number of carbonyl (C=O) groups is 1. The number of amides is 1. The van der Waals surface area contributed by atoms with Crippen molar-refractivity contribution in [1.29, 1.82) is 0 Å². The molecule has 0 unspecified atom stereocenters. The Hall–Kier alpha value is -3.08. The molecular weight excluding hydrogens is 328 g/mol. The van der Waals surface area contributed by atoms with E-state index in [1.807, 2.05) is 36.4 Å². The molecule has 1 amide bonds. The van der Waals surface area contributed by atoms with Crippen LogP contribution < -0.4 is 10.3 Å². The molecule has 0 bridgehead atoms. The average Bonchev–Trinajstić information content (AvgIpc) is 3.11. The largest absolute Gasteiger partial charge is 0.465 e. The Labute approximate surface area is 150 Å². The van der Waals surface area contributed by atoms with Gasteiger partial charge in [0.2, 0.25) is 0 Å². The number of nitrogens with zero attached hydrogens (tertiary/aromatic N) is 1. The van der Waals surface area contributed by atoms with Gasteiger partial charge in [-0.05, 0) is 61.6 Å². The second kappa shape index (κ2) is 6.33. The van der Waals surface area contributed by atoms with Crippen LogP contribution in [0.2, 0.25) is 0 Å². The molecule has 1 aromatic heterocycles. The van der Waals surface area contributed by atoms with Gasteiger partial charge in [-0.15, -0.1) is 0 Å². The number of fused-ring (bicyclic) bond motifs is 2. The molecule has 4 rings (SSSR count). The van der Waals surface area contributed by atoms with Crippen LogP contribution in [0.25, 0.3) is 10.9 Å². The van der Waals surface area contributed by atoms with Crippen molar-refractivity contribution in [2.75, 3.05) is 4.90 Å². The zero-order valence-corrected chi connectivity index (χ0v) is 14.6. The Morgan fingerprint density at radius 1 is 1.15 bits per heavy atom.